The first-order valence-corrected chi connectivity index (χ1v) is 9.00. The molecule has 0 bridgehead atoms. The number of thioether (sulfide) groups is 1. The summed E-state index contributed by atoms with van der Waals surface area (Å²) in [7, 11) is 0. The fourth-order valence-electron chi connectivity index (χ4n) is 2.29. The zero-order valence-corrected chi connectivity index (χ0v) is 15.7. The van der Waals surface area contributed by atoms with Gasteiger partial charge in [0.25, 0.3) is 17.5 Å². The van der Waals surface area contributed by atoms with Crippen LogP contribution in [0.3, 0.4) is 0 Å². The summed E-state index contributed by atoms with van der Waals surface area (Å²) in [5.41, 5.74) is 3.62. The SMILES string of the molecule is O=Cc1ccc(/C=C2\SC(=S)N(NC(=O)c3ccc([N+](=O)[O-])cc3)C2=O)cc1. The summed E-state index contributed by atoms with van der Waals surface area (Å²) in [5.74, 6) is -1.12. The highest BCUT2D eigenvalue weighted by atomic mass is 32.2. The number of hydrogen-bond acceptors (Lipinski definition) is 7. The van der Waals surface area contributed by atoms with Crippen molar-refractivity contribution in [1.29, 1.82) is 0 Å². The van der Waals surface area contributed by atoms with Gasteiger partial charge in [0.1, 0.15) is 6.29 Å². The Kier molecular flexibility index (Phi) is 5.62. The largest absolute Gasteiger partial charge is 0.298 e. The van der Waals surface area contributed by atoms with Crippen molar-refractivity contribution in [3.8, 4) is 0 Å². The summed E-state index contributed by atoms with van der Waals surface area (Å²) in [4.78, 5) is 46.0. The van der Waals surface area contributed by atoms with Crippen molar-refractivity contribution in [1.82, 2.24) is 10.4 Å². The van der Waals surface area contributed by atoms with Gasteiger partial charge in [-0.15, -0.1) is 0 Å². The lowest BCUT2D eigenvalue weighted by atomic mass is 10.1. The molecule has 1 N–H and O–H groups in total. The smallest absolute Gasteiger partial charge is 0.285 e. The lowest BCUT2D eigenvalue weighted by Crippen LogP contribution is -2.44. The molecule has 0 radical (unpaired) electrons. The van der Waals surface area contributed by atoms with E-state index >= 15 is 0 Å². The van der Waals surface area contributed by atoms with E-state index in [1.165, 1.54) is 24.3 Å². The number of benzene rings is 2. The number of rotatable bonds is 5. The van der Waals surface area contributed by atoms with Crippen LogP contribution in [0, 0.1) is 10.1 Å². The summed E-state index contributed by atoms with van der Waals surface area (Å²) >= 11 is 6.18. The molecule has 1 saturated heterocycles. The topological polar surface area (TPSA) is 110 Å². The Bertz CT molecular complexity index is 1020. The Labute approximate surface area is 168 Å². The number of nitro groups is 1. The second-order valence-corrected chi connectivity index (χ2v) is 7.22. The third-order valence-electron chi connectivity index (χ3n) is 3.72. The second kappa shape index (κ2) is 8.11. The molecule has 8 nitrogen and oxygen atoms in total. The number of carbonyl (C=O) groups excluding carboxylic acids is 3. The van der Waals surface area contributed by atoms with Gasteiger partial charge < -0.3 is 0 Å². The molecule has 0 atom stereocenters. The molecule has 1 aliphatic heterocycles. The van der Waals surface area contributed by atoms with Gasteiger partial charge in [0.2, 0.25) is 0 Å². The molecule has 1 fully saturated rings. The van der Waals surface area contributed by atoms with Crippen LogP contribution in [0.1, 0.15) is 26.3 Å². The van der Waals surface area contributed by atoms with Crippen molar-refractivity contribution >= 4 is 58.2 Å². The minimum atomic E-state index is -0.622. The standard InChI is InChI=1S/C18H11N3O5S2/c22-10-12-3-1-11(2-4-12)9-15-17(24)20(18(27)28-15)19-16(23)13-5-7-14(8-6-13)21(25)26/h1-10H,(H,19,23)/b15-9-. The van der Waals surface area contributed by atoms with Crippen molar-refractivity contribution in [2.45, 2.75) is 0 Å². The average Bonchev–Trinajstić information content (AvgIpc) is 2.96. The summed E-state index contributed by atoms with van der Waals surface area (Å²) < 4.78 is 0.149. The van der Waals surface area contributed by atoms with Crippen molar-refractivity contribution < 1.29 is 19.3 Å². The maximum absolute atomic E-state index is 12.5. The van der Waals surface area contributed by atoms with E-state index in [4.69, 9.17) is 12.2 Å². The highest BCUT2D eigenvalue weighted by molar-refractivity contribution is 8.26. The number of nitrogens with zero attached hydrogens (tertiary/aromatic N) is 2. The van der Waals surface area contributed by atoms with Gasteiger partial charge in [0, 0.05) is 23.3 Å². The molecule has 0 saturated carbocycles. The molecule has 0 aliphatic carbocycles. The fourth-order valence-corrected chi connectivity index (χ4v) is 3.47. The zero-order valence-electron chi connectivity index (χ0n) is 14.0. The van der Waals surface area contributed by atoms with Gasteiger partial charge in [0.15, 0.2) is 4.32 Å². The first kappa shape index (κ1) is 19.4. The molecule has 1 heterocycles. The molecule has 0 unspecified atom stereocenters. The third kappa shape index (κ3) is 4.13. The summed E-state index contributed by atoms with van der Waals surface area (Å²) in [6, 6.07) is 11.6. The van der Waals surface area contributed by atoms with E-state index in [9.17, 15) is 24.5 Å². The van der Waals surface area contributed by atoms with Gasteiger partial charge >= 0.3 is 0 Å². The van der Waals surface area contributed by atoms with Crippen molar-refractivity contribution in [3.05, 3.63) is 80.2 Å². The number of nitrogens with one attached hydrogen (secondary N) is 1. The Hall–Kier alpha value is -3.37. The summed E-state index contributed by atoms with van der Waals surface area (Å²) in [6.07, 6.45) is 2.32. The van der Waals surface area contributed by atoms with Crippen molar-refractivity contribution in [2.24, 2.45) is 0 Å². The number of hydrazine groups is 1. The van der Waals surface area contributed by atoms with E-state index in [1.54, 1.807) is 30.3 Å². The van der Waals surface area contributed by atoms with Gasteiger partial charge in [-0.1, -0.05) is 36.0 Å². The van der Waals surface area contributed by atoms with E-state index < -0.39 is 16.7 Å². The lowest BCUT2D eigenvalue weighted by Gasteiger charge is -2.15. The first-order chi connectivity index (χ1) is 13.4. The normalized spacial score (nSPS) is 15.0. The molecule has 1 aliphatic rings. The summed E-state index contributed by atoms with van der Waals surface area (Å²) in [5, 5.41) is 11.6. The van der Waals surface area contributed by atoms with Crippen LogP contribution in [0.2, 0.25) is 0 Å². The average molecular weight is 413 g/mol. The minimum absolute atomic E-state index is 0.146. The maximum Gasteiger partial charge on any atom is 0.285 e. The van der Waals surface area contributed by atoms with Crippen LogP contribution in [0.4, 0.5) is 5.69 Å². The summed E-state index contributed by atoms with van der Waals surface area (Å²) in [6.45, 7) is 0. The number of amides is 2. The predicted octanol–water partition coefficient (Wildman–Crippen LogP) is 2.95. The predicted molar refractivity (Wildman–Crippen MR) is 107 cm³/mol. The second-order valence-electron chi connectivity index (χ2n) is 5.55. The van der Waals surface area contributed by atoms with Gasteiger partial charge in [-0.3, -0.25) is 29.9 Å². The van der Waals surface area contributed by atoms with Crippen LogP contribution in [0.25, 0.3) is 6.08 Å². The molecule has 10 heteroatoms. The first-order valence-electron chi connectivity index (χ1n) is 7.77. The minimum Gasteiger partial charge on any atom is -0.298 e. The molecule has 28 heavy (non-hydrogen) atoms. The van der Waals surface area contributed by atoms with Gasteiger partial charge in [-0.05, 0) is 36.0 Å². The molecule has 0 spiro atoms. The molecule has 2 aromatic carbocycles. The van der Waals surface area contributed by atoms with Crippen LogP contribution in [-0.4, -0.2) is 32.4 Å². The molecule has 2 amide bonds. The lowest BCUT2D eigenvalue weighted by molar-refractivity contribution is -0.384. The number of non-ortho nitro benzene ring substituents is 1. The number of aldehydes is 1. The number of hydrogen-bond donors (Lipinski definition) is 1. The van der Waals surface area contributed by atoms with Crippen LogP contribution in [0.5, 0.6) is 0 Å². The van der Waals surface area contributed by atoms with Crippen LogP contribution < -0.4 is 5.43 Å². The Morgan fingerprint density at radius 1 is 1.11 bits per heavy atom. The van der Waals surface area contributed by atoms with Crippen molar-refractivity contribution in [2.75, 3.05) is 0 Å². The zero-order chi connectivity index (χ0) is 20.3. The van der Waals surface area contributed by atoms with Gasteiger partial charge in [-0.2, -0.15) is 5.01 Å². The Morgan fingerprint density at radius 3 is 2.29 bits per heavy atom. The fraction of sp³-hybridized carbons (Fsp3) is 0. The van der Waals surface area contributed by atoms with Crippen molar-refractivity contribution in [3.63, 3.8) is 0 Å². The van der Waals surface area contributed by atoms with Gasteiger partial charge in [0.05, 0.1) is 9.83 Å². The quantitative estimate of drug-likeness (QED) is 0.264. The molecule has 2 aromatic rings. The Balaban J connectivity index is 1.74. The molecule has 140 valence electrons. The van der Waals surface area contributed by atoms with E-state index in [0.717, 1.165) is 23.1 Å². The molecule has 0 aromatic heterocycles. The van der Waals surface area contributed by atoms with E-state index in [0.29, 0.717) is 16.0 Å². The number of nitro benzene ring substituents is 1. The van der Waals surface area contributed by atoms with Gasteiger partial charge in [-0.25, -0.2) is 0 Å². The number of carbonyl (C=O) groups is 3. The van der Waals surface area contributed by atoms with E-state index in [-0.39, 0.29) is 15.6 Å². The van der Waals surface area contributed by atoms with Crippen LogP contribution in [-0.2, 0) is 4.79 Å². The molecular weight excluding hydrogens is 402 g/mol. The molecular formula is C18H11N3O5S2. The van der Waals surface area contributed by atoms with E-state index in [2.05, 4.69) is 5.43 Å². The number of thiocarbonyl (C=S) groups is 1. The third-order valence-corrected chi connectivity index (χ3v) is 5.02. The molecule has 3 rings (SSSR count). The monoisotopic (exact) mass is 413 g/mol. The maximum atomic E-state index is 12.5. The highest BCUT2D eigenvalue weighted by Crippen LogP contribution is 2.31. The Morgan fingerprint density at radius 2 is 1.71 bits per heavy atom. The van der Waals surface area contributed by atoms with Crippen LogP contribution >= 0.6 is 24.0 Å². The van der Waals surface area contributed by atoms with E-state index in [1.807, 2.05) is 0 Å². The highest BCUT2D eigenvalue weighted by Gasteiger charge is 2.33. The van der Waals surface area contributed by atoms with Crippen LogP contribution in [0.15, 0.2) is 53.4 Å².